The largest absolute Gasteiger partial charge is 0.573 e. The molecule has 0 fully saturated rings. The third-order valence-electron chi connectivity index (χ3n) is 4.75. The van der Waals surface area contributed by atoms with Gasteiger partial charge < -0.3 is 24.6 Å². The normalized spacial score (nSPS) is 11.6. The number of halogens is 3. The van der Waals surface area contributed by atoms with Gasteiger partial charge in [0.2, 0.25) is 0 Å². The van der Waals surface area contributed by atoms with Crippen molar-refractivity contribution in [3.05, 3.63) is 66.4 Å². The predicted molar refractivity (Wildman–Crippen MR) is 119 cm³/mol. The van der Waals surface area contributed by atoms with E-state index in [0.29, 0.717) is 17.1 Å². The van der Waals surface area contributed by atoms with Crippen LogP contribution in [-0.2, 0) is 11.3 Å². The second-order valence-electron chi connectivity index (χ2n) is 7.76. The van der Waals surface area contributed by atoms with Gasteiger partial charge in [-0.15, -0.1) is 13.2 Å². The van der Waals surface area contributed by atoms with Gasteiger partial charge in [-0.05, 0) is 61.4 Å². The molecule has 7 nitrogen and oxygen atoms in total. The van der Waals surface area contributed by atoms with Crippen LogP contribution in [-0.4, -0.2) is 35.1 Å². The highest BCUT2D eigenvalue weighted by Gasteiger charge is 2.31. The summed E-state index contributed by atoms with van der Waals surface area (Å²) in [7, 11) is 1.46. The Morgan fingerprint density at radius 3 is 2.35 bits per heavy atom. The summed E-state index contributed by atoms with van der Waals surface area (Å²) in [5, 5.41) is 12.4. The number of nitrogens with zero attached hydrogens (tertiary/aromatic N) is 1. The molecule has 0 saturated carbocycles. The number of carbonyl (C=O) groups is 1. The number of methoxy groups -OCH3 is 1. The molecule has 0 amide bonds. The minimum atomic E-state index is -4.75. The molecule has 0 radical (unpaired) electrons. The number of hydrogen-bond donors (Lipinski definition) is 2. The Labute approximate surface area is 194 Å². The second kappa shape index (κ2) is 9.90. The lowest BCUT2D eigenvalue weighted by molar-refractivity contribution is -0.274. The summed E-state index contributed by atoms with van der Waals surface area (Å²) in [6, 6.07) is 14.3. The topological polar surface area (TPSA) is 89.9 Å². The third-order valence-corrected chi connectivity index (χ3v) is 4.75. The van der Waals surface area contributed by atoms with Crippen LogP contribution in [0.25, 0.3) is 11.1 Å². The molecule has 0 atom stereocenters. The molecule has 0 unspecified atom stereocenters. The number of alkyl halides is 3. The zero-order valence-corrected chi connectivity index (χ0v) is 18.6. The van der Waals surface area contributed by atoms with Crippen LogP contribution in [0.3, 0.4) is 0 Å². The van der Waals surface area contributed by atoms with E-state index in [-0.39, 0.29) is 18.0 Å². The van der Waals surface area contributed by atoms with Crippen LogP contribution < -0.4 is 19.5 Å². The Balaban J connectivity index is 1.72. The fourth-order valence-corrected chi connectivity index (χ4v) is 2.97. The number of rotatable bonds is 9. The number of aromatic nitrogens is 1. The number of hydrogen-bond acceptors (Lipinski definition) is 6. The number of aliphatic carboxylic acids is 1. The third kappa shape index (κ3) is 6.53. The summed E-state index contributed by atoms with van der Waals surface area (Å²) < 4.78 is 52.1. The molecule has 0 aliphatic heterocycles. The van der Waals surface area contributed by atoms with E-state index in [2.05, 4.69) is 15.0 Å². The predicted octanol–water partition coefficient (Wildman–Crippen LogP) is 5.51. The van der Waals surface area contributed by atoms with Gasteiger partial charge in [-0.3, -0.25) is 0 Å². The first kappa shape index (κ1) is 24.7. The molecular formula is C24H23F3N2O5. The van der Waals surface area contributed by atoms with E-state index < -0.39 is 17.9 Å². The molecule has 1 aromatic heterocycles. The van der Waals surface area contributed by atoms with Gasteiger partial charge in [0.05, 0.1) is 7.11 Å². The maximum atomic E-state index is 12.4. The zero-order valence-electron chi connectivity index (χ0n) is 18.6. The Hall–Kier alpha value is -3.95. The zero-order chi connectivity index (χ0) is 24.9. The summed E-state index contributed by atoms with van der Waals surface area (Å²) in [6.45, 7) is 3.12. The smallest absolute Gasteiger partial charge is 0.493 e. The number of ether oxygens (including phenoxy) is 3. The van der Waals surface area contributed by atoms with Crippen molar-refractivity contribution in [2.75, 3.05) is 12.4 Å². The SMILES string of the molecule is COc1ccc(-c2ccc(NCc3cccc(OC(F)(F)F)c3)nc2)cc1OC(C)(C)C(=O)O. The molecule has 0 aliphatic carbocycles. The average Bonchev–Trinajstić information content (AvgIpc) is 2.77. The fraction of sp³-hybridized carbons (Fsp3) is 0.250. The fourth-order valence-electron chi connectivity index (χ4n) is 2.97. The first-order valence-corrected chi connectivity index (χ1v) is 10.1. The molecule has 0 aliphatic rings. The van der Waals surface area contributed by atoms with Crippen molar-refractivity contribution in [3.63, 3.8) is 0 Å². The molecule has 2 aromatic carbocycles. The van der Waals surface area contributed by atoms with E-state index in [1.54, 1.807) is 42.6 Å². The maximum absolute atomic E-state index is 12.4. The van der Waals surface area contributed by atoms with Gasteiger partial charge in [-0.2, -0.15) is 0 Å². The Bertz CT molecular complexity index is 1150. The monoisotopic (exact) mass is 476 g/mol. The molecule has 0 saturated heterocycles. The van der Waals surface area contributed by atoms with E-state index >= 15 is 0 Å². The molecule has 3 rings (SSSR count). The Morgan fingerprint density at radius 1 is 1.00 bits per heavy atom. The summed E-state index contributed by atoms with van der Waals surface area (Å²) >= 11 is 0. The van der Waals surface area contributed by atoms with Crippen molar-refractivity contribution in [2.45, 2.75) is 32.4 Å². The number of carboxylic acids is 1. The van der Waals surface area contributed by atoms with Crippen molar-refractivity contribution in [2.24, 2.45) is 0 Å². The number of pyridine rings is 1. The van der Waals surface area contributed by atoms with Gasteiger partial charge >= 0.3 is 12.3 Å². The summed E-state index contributed by atoms with van der Waals surface area (Å²) in [4.78, 5) is 15.8. The van der Waals surface area contributed by atoms with Crippen LogP contribution in [0, 0.1) is 0 Å². The Kier molecular flexibility index (Phi) is 7.19. The first-order chi connectivity index (χ1) is 16.0. The molecule has 2 N–H and O–H groups in total. The van der Waals surface area contributed by atoms with E-state index in [1.807, 2.05) is 0 Å². The van der Waals surface area contributed by atoms with Crippen molar-refractivity contribution in [1.29, 1.82) is 0 Å². The van der Waals surface area contributed by atoms with Crippen LogP contribution in [0.5, 0.6) is 17.2 Å². The van der Waals surface area contributed by atoms with Crippen LogP contribution in [0.1, 0.15) is 19.4 Å². The van der Waals surface area contributed by atoms with E-state index in [0.717, 1.165) is 11.1 Å². The molecule has 1 heterocycles. The van der Waals surface area contributed by atoms with Crippen molar-refractivity contribution < 1.29 is 37.3 Å². The second-order valence-corrected chi connectivity index (χ2v) is 7.76. The summed E-state index contributed by atoms with van der Waals surface area (Å²) in [5.41, 5.74) is 0.603. The van der Waals surface area contributed by atoms with Gasteiger partial charge in [0.25, 0.3) is 0 Å². The van der Waals surface area contributed by atoms with Crippen molar-refractivity contribution in [1.82, 2.24) is 4.98 Å². The van der Waals surface area contributed by atoms with E-state index in [4.69, 9.17) is 9.47 Å². The molecule has 0 spiro atoms. The van der Waals surface area contributed by atoms with E-state index in [9.17, 15) is 23.1 Å². The van der Waals surface area contributed by atoms with Gasteiger partial charge in [-0.25, -0.2) is 9.78 Å². The molecule has 10 heteroatoms. The quantitative estimate of drug-likeness (QED) is 0.421. The Morgan fingerprint density at radius 2 is 1.74 bits per heavy atom. The molecule has 0 bridgehead atoms. The molecule has 34 heavy (non-hydrogen) atoms. The number of anilines is 1. The number of benzene rings is 2. The van der Waals surface area contributed by atoms with Crippen LogP contribution in [0.4, 0.5) is 19.0 Å². The minimum absolute atomic E-state index is 0.242. The lowest BCUT2D eigenvalue weighted by Crippen LogP contribution is -2.38. The molecule has 3 aromatic rings. The maximum Gasteiger partial charge on any atom is 0.573 e. The minimum Gasteiger partial charge on any atom is -0.493 e. The van der Waals surface area contributed by atoms with Crippen molar-refractivity contribution in [3.8, 4) is 28.4 Å². The number of nitrogens with one attached hydrogen (secondary N) is 1. The molecular weight excluding hydrogens is 453 g/mol. The highest BCUT2D eigenvalue weighted by atomic mass is 19.4. The van der Waals surface area contributed by atoms with Gasteiger partial charge in [-0.1, -0.05) is 18.2 Å². The van der Waals surface area contributed by atoms with Crippen molar-refractivity contribution >= 4 is 11.8 Å². The standard InChI is InChI=1S/C24H23F3N2O5/c1-23(2,22(30)31)34-20-12-16(7-9-19(20)32-3)17-8-10-21(29-14-17)28-13-15-5-4-6-18(11-15)33-24(25,26)27/h4-12,14H,13H2,1-3H3,(H,28,29)(H,30,31). The van der Waals surface area contributed by atoms with Gasteiger partial charge in [0, 0.05) is 18.3 Å². The van der Waals surface area contributed by atoms with Crippen LogP contribution in [0.2, 0.25) is 0 Å². The average molecular weight is 476 g/mol. The highest BCUT2D eigenvalue weighted by Crippen LogP contribution is 2.35. The van der Waals surface area contributed by atoms with Crippen LogP contribution in [0.15, 0.2) is 60.8 Å². The van der Waals surface area contributed by atoms with Gasteiger partial charge in [0.1, 0.15) is 11.6 Å². The summed E-state index contributed by atoms with van der Waals surface area (Å²) in [6.07, 6.45) is -3.14. The number of carboxylic acid groups (broad SMARTS) is 1. The summed E-state index contributed by atoms with van der Waals surface area (Å²) in [5.74, 6) is -0.231. The van der Waals surface area contributed by atoms with Crippen LogP contribution >= 0.6 is 0 Å². The highest BCUT2D eigenvalue weighted by molar-refractivity contribution is 5.77. The molecule has 180 valence electrons. The van der Waals surface area contributed by atoms with E-state index in [1.165, 1.54) is 39.2 Å². The lowest BCUT2D eigenvalue weighted by Gasteiger charge is -2.23. The van der Waals surface area contributed by atoms with Gasteiger partial charge in [0.15, 0.2) is 17.1 Å². The first-order valence-electron chi connectivity index (χ1n) is 10.1. The lowest BCUT2D eigenvalue weighted by atomic mass is 10.1.